The van der Waals surface area contributed by atoms with Crippen molar-refractivity contribution in [3.8, 4) is 22.6 Å². The minimum Gasteiger partial charge on any atom is -0.336 e. The molecule has 1 saturated heterocycles. The predicted molar refractivity (Wildman–Crippen MR) is 126 cm³/mol. The molecule has 0 bridgehead atoms. The van der Waals surface area contributed by atoms with Gasteiger partial charge in [0.2, 0.25) is 0 Å². The van der Waals surface area contributed by atoms with Crippen LogP contribution in [0.15, 0.2) is 36.9 Å². The van der Waals surface area contributed by atoms with Gasteiger partial charge in [-0.1, -0.05) is 0 Å². The number of hydrogen-bond donors (Lipinski definition) is 2. The van der Waals surface area contributed by atoms with Crippen LogP contribution in [0, 0.1) is 0 Å². The van der Waals surface area contributed by atoms with Gasteiger partial charge < -0.3 is 9.88 Å². The third kappa shape index (κ3) is 3.22. The van der Waals surface area contributed by atoms with Crippen LogP contribution < -0.4 is 0 Å². The van der Waals surface area contributed by atoms with Crippen LogP contribution in [0.25, 0.3) is 44.7 Å². The lowest BCUT2D eigenvalue weighted by atomic mass is 9.92. The summed E-state index contributed by atoms with van der Waals surface area (Å²) in [6.45, 7) is 2.19. The van der Waals surface area contributed by atoms with E-state index >= 15 is 0 Å². The Bertz CT molecular complexity index is 1460. The number of aromatic nitrogens is 8. The third-order valence-electron chi connectivity index (χ3n) is 7.03. The standard InChI is InChI=1S/C24H25N9/c1-32-8-5-14(6-9-32)20-22-19(4-7-25-20)28-24(29-22)21-18-10-15(11-26-23(18)31-30-21)16-12-27-33(13-16)17-2-3-17/h4,7,10-14,17H,2-3,5-6,8-9H2,1H3,(H,28,29)(H,26,30,31). The van der Waals surface area contributed by atoms with E-state index in [1.807, 2.05) is 24.7 Å². The maximum Gasteiger partial charge on any atom is 0.159 e. The number of rotatable bonds is 4. The molecule has 2 aliphatic rings. The van der Waals surface area contributed by atoms with E-state index < -0.39 is 0 Å². The van der Waals surface area contributed by atoms with Crippen LogP contribution in [0.4, 0.5) is 0 Å². The van der Waals surface area contributed by atoms with Gasteiger partial charge in [0.25, 0.3) is 0 Å². The van der Waals surface area contributed by atoms with E-state index in [4.69, 9.17) is 9.97 Å². The molecule has 9 nitrogen and oxygen atoms in total. The van der Waals surface area contributed by atoms with Crippen molar-refractivity contribution in [3.05, 3.63) is 42.6 Å². The van der Waals surface area contributed by atoms with E-state index in [2.05, 4.69) is 54.2 Å². The van der Waals surface area contributed by atoms with Crippen molar-refractivity contribution in [1.82, 2.24) is 44.8 Å². The highest BCUT2D eigenvalue weighted by atomic mass is 15.3. The molecule has 2 fully saturated rings. The molecule has 5 aromatic rings. The van der Waals surface area contributed by atoms with Gasteiger partial charge in [-0.15, -0.1) is 0 Å². The minimum atomic E-state index is 0.438. The highest BCUT2D eigenvalue weighted by Gasteiger charge is 2.25. The van der Waals surface area contributed by atoms with Gasteiger partial charge in [-0.3, -0.25) is 14.8 Å². The highest BCUT2D eigenvalue weighted by molar-refractivity contribution is 5.93. The van der Waals surface area contributed by atoms with Gasteiger partial charge in [0.15, 0.2) is 11.5 Å². The zero-order chi connectivity index (χ0) is 21.9. The molecule has 0 radical (unpaired) electrons. The van der Waals surface area contributed by atoms with E-state index in [9.17, 15) is 0 Å². The second kappa shape index (κ2) is 7.21. The summed E-state index contributed by atoms with van der Waals surface area (Å²) in [5.41, 5.74) is 6.67. The van der Waals surface area contributed by atoms with Crippen LogP contribution in [0.2, 0.25) is 0 Å². The van der Waals surface area contributed by atoms with Crippen molar-refractivity contribution in [1.29, 1.82) is 0 Å². The molecule has 1 aliphatic heterocycles. The maximum absolute atomic E-state index is 4.98. The van der Waals surface area contributed by atoms with Crippen molar-refractivity contribution in [3.63, 3.8) is 0 Å². The van der Waals surface area contributed by atoms with Gasteiger partial charge >= 0.3 is 0 Å². The Hall–Kier alpha value is -3.59. The molecule has 0 atom stereocenters. The Kier molecular flexibility index (Phi) is 4.14. The van der Waals surface area contributed by atoms with Crippen molar-refractivity contribution in [2.75, 3.05) is 20.1 Å². The van der Waals surface area contributed by atoms with Crippen molar-refractivity contribution in [2.24, 2.45) is 0 Å². The van der Waals surface area contributed by atoms with Crippen molar-refractivity contribution >= 4 is 22.1 Å². The summed E-state index contributed by atoms with van der Waals surface area (Å²) in [5.74, 6) is 1.18. The first kappa shape index (κ1) is 18.9. The smallest absolute Gasteiger partial charge is 0.159 e. The molecular weight excluding hydrogens is 414 g/mol. The fraction of sp³-hybridized carbons (Fsp3) is 0.375. The molecule has 0 aromatic carbocycles. The van der Waals surface area contributed by atoms with E-state index in [-0.39, 0.29) is 0 Å². The topological polar surface area (TPSA) is 104 Å². The van der Waals surface area contributed by atoms with Crippen LogP contribution in [-0.4, -0.2) is 65.0 Å². The molecule has 0 unspecified atom stereocenters. The Balaban J connectivity index is 1.29. The molecule has 0 amide bonds. The average Bonchev–Trinajstić information content (AvgIpc) is 3.23. The number of likely N-dealkylation sites (tertiary alicyclic amines) is 1. The third-order valence-corrected chi connectivity index (χ3v) is 7.03. The number of piperidine rings is 1. The molecule has 2 N–H and O–H groups in total. The lowest BCUT2D eigenvalue weighted by Crippen LogP contribution is -2.29. The number of pyridine rings is 2. The molecule has 5 aromatic heterocycles. The quantitative estimate of drug-likeness (QED) is 0.440. The van der Waals surface area contributed by atoms with Gasteiger partial charge in [-0.05, 0) is 58.0 Å². The first-order chi connectivity index (χ1) is 16.2. The molecule has 1 saturated carbocycles. The first-order valence-corrected chi connectivity index (χ1v) is 11.6. The van der Waals surface area contributed by atoms with Crippen LogP contribution in [0.3, 0.4) is 0 Å². The SMILES string of the molecule is CN1CCC(c2nccc3[nH]c(-c4n[nH]c5ncc(-c6cnn(C7CC7)c6)cc45)nc23)CC1. The maximum atomic E-state index is 4.98. The van der Waals surface area contributed by atoms with E-state index in [0.29, 0.717) is 12.0 Å². The largest absolute Gasteiger partial charge is 0.336 e. The summed E-state index contributed by atoms with van der Waals surface area (Å²) in [6.07, 6.45) is 12.4. The molecule has 166 valence electrons. The summed E-state index contributed by atoms with van der Waals surface area (Å²) in [7, 11) is 2.18. The predicted octanol–water partition coefficient (Wildman–Crippen LogP) is 3.90. The van der Waals surface area contributed by atoms with Gasteiger partial charge in [0.1, 0.15) is 11.2 Å². The average molecular weight is 440 g/mol. The number of fused-ring (bicyclic) bond motifs is 2. The number of H-pyrrole nitrogens is 2. The molecule has 7 rings (SSSR count). The van der Waals surface area contributed by atoms with E-state index in [1.54, 1.807) is 0 Å². The van der Waals surface area contributed by atoms with Crippen LogP contribution in [-0.2, 0) is 0 Å². The number of aromatic amines is 2. The number of imidazole rings is 1. The summed E-state index contributed by atoms with van der Waals surface area (Å²) < 4.78 is 2.06. The Labute approximate surface area is 190 Å². The van der Waals surface area contributed by atoms with E-state index in [0.717, 1.165) is 76.3 Å². The van der Waals surface area contributed by atoms with Gasteiger partial charge in [-0.2, -0.15) is 10.2 Å². The zero-order valence-corrected chi connectivity index (χ0v) is 18.5. The normalized spacial score (nSPS) is 18.0. The number of hydrogen-bond acceptors (Lipinski definition) is 6. The summed E-state index contributed by atoms with van der Waals surface area (Å²) in [5, 5.41) is 13.1. The second-order valence-corrected chi connectivity index (χ2v) is 9.39. The zero-order valence-electron chi connectivity index (χ0n) is 18.5. The van der Waals surface area contributed by atoms with Gasteiger partial charge in [-0.25, -0.2) is 9.97 Å². The van der Waals surface area contributed by atoms with Crippen molar-refractivity contribution in [2.45, 2.75) is 37.6 Å². The lowest BCUT2D eigenvalue weighted by molar-refractivity contribution is 0.254. The Morgan fingerprint density at radius 1 is 1.03 bits per heavy atom. The highest BCUT2D eigenvalue weighted by Crippen LogP contribution is 2.36. The second-order valence-electron chi connectivity index (χ2n) is 9.39. The molecule has 33 heavy (non-hydrogen) atoms. The summed E-state index contributed by atoms with van der Waals surface area (Å²) >= 11 is 0. The summed E-state index contributed by atoms with van der Waals surface area (Å²) in [4.78, 5) is 20.2. The fourth-order valence-electron chi connectivity index (χ4n) is 4.92. The molecule has 6 heterocycles. The van der Waals surface area contributed by atoms with Gasteiger partial charge in [0, 0.05) is 35.6 Å². The molecule has 0 spiro atoms. The monoisotopic (exact) mass is 439 g/mol. The van der Waals surface area contributed by atoms with Crippen LogP contribution in [0.5, 0.6) is 0 Å². The number of nitrogens with zero attached hydrogens (tertiary/aromatic N) is 7. The van der Waals surface area contributed by atoms with E-state index in [1.165, 1.54) is 12.8 Å². The number of nitrogens with one attached hydrogen (secondary N) is 2. The fourth-order valence-corrected chi connectivity index (χ4v) is 4.92. The Morgan fingerprint density at radius 3 is 2.76 bits per heavy atom. The van der Waals surface area contributed by atoms with Gasteiger partial charge in [0.05, 0.1) is 28.8 Å². The van der Waals surface area contributed by atoms with Crippen molar-refractivity contribution < 1.29 is 0 Å². The summed E-state index contributed by atoms with van der Waals surface area (Å²) in [6, 6.07) is 4.68. The minimum absolute atomic E-state index is 0.438. The Morgan fingerprint density at radius 2 is 1.91 bits per heavy atom. The lowest BCUT2D eigenvalue weighted by Gasteiger charge is -2.28. The first-order valence-electron chi connectivity index (χ1n) is 11.6. The molecular formula is C24H25N9. The van der Waals surface area contributed by atoms with Crippen LogP contribution in [0.1, 0.15) is 43.3 Å². The van der Waals surface area contributed by atoms with Crippen LogP contribution >= 0.6 is 0 Å². The molecule has 9 heteroatoms. The molecule has 1 aliphatic carbocycles.